The van der Waals surface area contributed by atoms with Crippen molar-refractivity contribution in [1.82, 2.24) is 19.6 Å². The van der Waals surface area contributed by atoms with Gasteiger partial charge in [-0.2, -0.15) is 4.98 Å². The maximum atomic E-state index is 9.10. The molecule has 7 heteroatoms. The van der Waals surface area contributed by atoms with Crippen LogP contribution in [0.2, 0.25) is 0 Å². The maximum Gasteiger partial charge on any atom is 0.336 e. The van der Waals surface area contributed by atoms with E-state index in [9.17, 15) is 0 Å². The topological polar surface area (TPSA) is 98.6 Å². The fourth-order valence-electron chi connectivity index (χ4n) is 3.44. The van der Waals surface area contributed by atoms with E-state index in [2.05, 4.69) is 15.1 Å². The number of fused-ring (bicyclic) bond motifs is 1. The lowest BCUT2D eigenvalue weighted by Crippen LogP contribution is -2.20. The summed E-state index contributed by atoms with van der Waals surface area (Å²) in [6.45, 7) is 2.09. The molecular weight excluding hydrogens is 306 g/mol. The summed E-state index contributed by atoms with van der Waals surface area (Å²) < 4.78 is 7.57. The molecule has 0 saturated heterocycles. The summed E-state index contributed by atoms with van der Waals surface area (Å²) >= 11 is 0. The molecule has 0 bridgehead atoms. The van der Waals surface area contributed by atoms with Crippen molar-refractivity contribution in [3.05, 3.63) is 11.9 Å². The van der Waals surface area contributed by atoms with Crippen molar-refractivity contribution < 1.29 is 9.84 Å². The first-order valence-corrected chi connectivity index (χ1v) is 8.99. The molecule has 24 heavy (non-hydrogen) atoms. The Balaban J connectivity index is 1.83. The molecule has 1 fully saturated rings. The van der Waals surface area contributed by atoms with E-state index in [-0.39, 0.29) is 18.7 Å². The summed E-state index contributed by atoms with van der Waals surface area (Å²) in [5.74, 6) is 1.02. The standard InChI is InChI=1S/C17H27N5O2/c1-2-14(8-9-23)24-17-20-15(18)16-19-11-13(22(16)21-17)10-12-6-4-3-5-7-12/h11-12,14,23H,2-10H2,1H3,(H2,18,20,21)/t14-/m1/s1. The summed E-state index contributed by atoms with van der Waals surface area (Å²) in [6.07, 6.45) is 10.5. The van der Waals surface area contributed by atoms with Gasteiger partial charge in [-0.05, 0) is 18.8 Å². The zero-order valence-corrected chi connectivity index (χ0v) is 14.3. The Morgan fingerprint density at radius 2 is 2.17 bits per heavy atom. The van der Waals surface area contributed by atoms with Gasteiger partial charge in [0.2, 0.25) is 0 Å². The van der Waals surface area contributed by atoms with Crippen LogP contribution < -0.4 is 10.5 Å². The maximum absolute atomic E-state index is 9.10. The Morgan fingerprint density at radius 3 is 2.88 bits per heavy atom. The van der Waals surface area contributed by atoms with E-state index in [1.165, 1.54) is 32.1 Å². The minimum Gasteiger partial charge on any atom is -0.459 e. The van der Waals surface area contributed by atoms with E-state index in [0.717, 1.165) is 18.5 Å². The van der Waals surface area contributed by atoms with E-state index < -0.39 is 0 Å². The Hall–Kier alpha value is -1.89. The molecule has 1 saturated carbocycles. The van der Waals surface area contributed by atoms with Crippen molar-refractivity contribution in [2.24, 2.45) is 5.92 Å². The van der Waals surface area contributed by atoms with Crippen LogP contribution in [0.15, 0.2) is 6.20 Å². The second-order valence-corrected chi connectivity index (χ2v) is 6.63. The molecule has 0 radical (unpaired) electrons. The molecule has 0 aromatic carbocycles. The Kier molecular flexibility index (Phi) is 5.50. The third kappa shape index (κ3) is 3.77. The Bertz CT molecular complexity index is 666. The van der Waals surface area contributed by atoms with Gasteiger partial charge in [-0.25, -0.2) is 9.50 Å². The highest BCUT2D eigenvalue weighted by Crippen LogP contribution is 2.27. The van der Waals surface area contributed by atoms with Crippen LogP contribution in [0.3, 0.4) is 0 Å². The zero-order chi connectivity index (χ0) is 16.9. The molecule has 0 aliphatic heterocycles. The zero-order valence-electron chi connectivity index (χ0n) is 14.3. The predicted molar refractivity (Wildman–Crippen MR) is 91.9 cm³/mol. The normalized spacial score (nSPS) is 17.2. The SMILES string of the molecule is CC[C@H](CCO)Oc1nc(N)c2ncc(CC3CCCCC3)n2n1. The minimum atomic E-state index is -0.114. The first kappa shape index (κ1) is 17.0. The van der Waals surface area contributed by atoms with Gasteiger partial charge in [0.1, 0.15) is 6.10 Å². The molecule has 1 atom stereocenters. The number of rotatable bonds is 7. The molecule has 2 aromatic heterocycles. The van der Waals surface area contributed by atoms with E-state index in [4.69, 9.17) is 15.6 Å². The minimum absolute atomic E-state index is 0.0776. The van der Waals surface area contributed by atoms with Crippen LogP contribution in [0, 0.1) is 5.92 Å². The van der Waals surface area contributed by atoms with Crippen molar-refractivity contribution in [2.75, 3.05) is 12.3 Å². The van der Waals surface area contributed by atoms with Gasteiger partial charge in [-0.3, -0.25) is 0 Å². The molecule has 0 unspecified atom stereocenters. The number of aliphatic hydroxyl groups excluding tert-OH is 1. The average Bonchev–Trinajstić information content (AvgIpc) is 2.99. The molecule has 1 aliphatic carbocycles. The third-order valence-electron chi connectivity index (χ3n) is 4.84. The highest BCUT2D eigenvalue weighted by molar-refractivity contribution is 5.59. The van der Waals surface area contributed by atoms with Crippen molar-refractivity contribution >= 4 is 11.5 Å². The number of nitrogen functional groups attached to an aromatic ring is 1. The highest BCUT2D eigenvalue weighted by Gasteiger charge is 2.19. The molecule has 3 N–H and O–H groups in total. The molecule has 3 rings (SSSR count). The number of nitrogens with two attached hydrogens (primary N) is 1. The number of anilines is 1. The first-order valence-electron chi connectivity index (χ1n) is 8.99. The van der Waals surface area contributed by atoms with E-state index >= 15 is 0 Å². The van der Waals surface area contributed by atoms with Gasteiger partial charge in [-0.15, -0.1) is 5.10 Å². The van der Waals surface area contributed by atoms with Crippen molar-refractivity contribution in [3.8, 4) is 6.01 Å². The van der Waals surface area contributed by atoms with Crippen LogP contribution in [0.5, 0.6) is 6.01 Å². The number of nitrogens with zero attached hydrogens (tertiary/aromatic N) is 4. The fraction of sp³-hybridized carbons (Fsp3) is 0.706. The van der Waals surface area contributed by atoms with Crippen molar-refractivity contribution in [1.29, 1.82) is 0 Å². The molecule has 132 valence electrons. The number of aromatic nitrogens is 4. The van der Waals surface area contributed by atoms with Gasteiger partial charge in [0, 0.05) is 13.0 Å². The summed E-state index contributed by atoms with van der Waals surface area (Å²) in [7, 11) is 0. The smallest absolute Gasteiger partial charge is 0.336 e. The molecule has 2 aromatic rings. The van der Waals surface area contributed by atoms with Crippen LogP contribution >= 0.6 is 0 Å². The van der Waals surface area contributed by atoms with Crippen LogP contribution in [-0.2, 0) is 6.42 Å². The molecule has 0 amide bonds. The fourth-order valence-corrected chi connectivity index (χ4v) is 3.44. The van der Waals surface area contributed by atoms with Gasteiger partial charge >= 0.3 is 6.01 Å². The molecule has 7 nitrogen and oxygen atoms in total. The quantitative estimate of drug-likeness (QED) is 0.807. The number of aliphatic hydroxyl groups is 1. The van der Waals surface area contributed by atoms with Crippen molar-refractivity contribution in [2.45, 2.75) is 64.4 Å². The van der Waals surface area contributed by atoms with Crippen LogP contribution in [0.4, 0.5) is 5.82 Å². The first-order chi connectivity index (χ1) is 11.7. The molecular formula is C17H27N5O2. The molecule has 2 heterocycles. The summed E-state index contributed by atoms with van der Waals surface area (Å²) in [5.41, 5.74) is 7.68. The van der Waals surface area contributed by atoms with E-state index in [1.54, 1.807) is 4.52 Å². The second-order valence-electron chi connectivity index (χ2n) is 6.63. The lowest BCUT2D eigenvalue weighted by molar-refractivity contribution is 0.138. The van der Waals surface area contributed by atoms with E-state index in [0.29, 0.717) is 23.8 Å². The monoisotopic (exact) mass is 333 g/mol. The second kappa shape index (κ2) is 7.79. The number of hydrogen-bond acceptors (Lipinski definition) is 6. The lowest BCUT2D eigenvalue weighted by Gasteiger charge is -2.21. The van der Waals surface area contributed by atoms with Crippen LogP contribution in [-0.4, -0.2) is 37.4 Å². The Labute approximate surface area is 142 Å². The number of hydrogen-bond donors (Lipinski definition) is 2. The number of imidazole rings is 1. The summed E-state index contributed by atoms with van der Waals surface area (Å²) in [6, 6.07) is 0.253. The van der Waals surface area contributed by atoms with Crippen LogP contribution in [0.1, 0.15) is 57.6 Å². The average molecular weight is 333 g/mol. The van der Waals surface area contributed by atoms with Gasteiger partial charge in [-0.1, -0.05) is 39.0 Å². The van der Waals surface area contributed by atoms with Crippen molar-refractivity contribution in [3.63, 3.8) is 0 Å². The van der Waals surface area contributed by atoms with Gasteiger partial charge in [0.25, 0.3) is 0 Å². The third-order valence-corrected chi connectivity index (χ3v) is 4.84. The number of ether oxygens (including phenoxy) is 1. The summed E-state index contributed by atoms with van der Waals surface area (Å²) in [4.78, 5) is 8.59. The largest absolute Gasteiger partial charge is 0.459 e. The Morgan fingerprint density at radius 1 is 1.38 bits per heavy atom. The molecule has 0 spiro atoms. The summed E-state index contributed by atoms with van der Waals surface area (Å²) in [5, 5.41) is 13.6. The van der Waals surface area contributed by atoms with Crippen LogP contribution in [0.25, 0.3) is 5.65 Å². The predicted octanol–water partition coefficient (Wildman–Crippen LogP) is 2.37. The van der Waals surface area contributed by atoms with E-state index in [1.807, 2.05) is 13.1 Å². The highest BCUT2D eigenvalue weighted by atomic mass is 16.5. The van der Waals surface area contributed by atoms with Gasteiger partial charge in [0.05, 0.1) is 11.9 Å². The molecule has 1 aliphatic rings. The van der Waals surface area contributed by atoms with Gasteiger partial charge in [0.15, 0.2) is 11.5 Å². The van der Waals surface area contributed by atoms with Gasteiger partial charge < -0.3 is 15.6 Å². The lowest BCUT2D eigenvalue weighted by atomic mass is 9.86.